The van der Waals surface area contributed by atoms with Gasteiger partial charge in [0, 0.05) is 32.2 Å². The molecule has 0 N–H and O–H groups in total. The standard InChI is InChI=1S/C20H28N2O2/c1-15-13-22(14-19(15)21-9-11-24-12-10-21)20(23)18-8-4-6-16-5-2-3-7-17(16)18/h2-3,5,7,15,18-19H,4,6,8-14H2,1H3/t15-,18+,19+/m1/s1. The molecule has 2 saturated heterocycles. The summed E-state index contributed by atoms with van der Waals surface area (Å²) in [4.78, 5) is 17.9. The molecule has 1 aromatic rings. The van der Waals surface area contributed by atoms with E-state index in [1.54, 1.807) is 0 Å². The van der Waals surface area contributed by atoms with Crippen LogP contribution in [-0.4, -0.2) is 61.1 Å². The Morgan fingerprint density at radius 3 is 2.79 bits per heavy atom. The number of benzene rings is 1. The average molecular weight is 328 g/mol. The predicted molar refractivity (Wildman–Crippen MR) is 94.0 cm³/mol. The van der Waals surface area contributed by atoms with Gasteiger partial charge in [0.2, 0.25) is 5.91 Å². The number of rotatable bonds is 2. The van der Waals surface area contributed by atoms with Gasteiger partial charge in [-0.3, -0.25) is 9.69 Å². The Hall–Kier alpha value is -1.39. The zero-order valence-electron chi connectivity index (χ0n) is 14.6. The van der Waals surface area contributed by atoms with Crippen molar-refractivity contribution in [3.8, 4) is 0 Å². The molecule has 0 saturated carbocycles. The molecule has 2 fully saturated rings. The highest BCUT2D eigenvalue weighted by Crippen LogP contribution is 2.34. The number of aryl methyl sites for hydroxylation is 1. The van der Waals surface area contributed by atoms with Crippen LogP contribution in [0.5, 0.6) is 0 Å². The fourth-order valence-corrected chi connectivity index (χ4v) is 4.74. The summed E-state index contributed by atoms with van der Waals surface area (Å²) in [5.41, 5.74) is 2.65. The third kappa shape index (κ3) is 2.98. The first kappa shape index (κ1) is 16.1. The number of fused-ring (bicyclic) bond motifs is 1. The van der Waals surface area contributed by atoms with E-state index in [1.165, 1.54) is 11.1 Å². The molecule has 3 atom stereocenters. The number of carbonyl (C=O) groups is 1. The molecule has 4 rings (SSSR count). The van der Waals surface area contributed by atoms with Crippen LogP contribution in [0.1, 0.15) is 36.8 Å². The highest BCUT2D eigenvalue weighted by Gasteiger charge is 2.39. The molecule has 0 spiro atoms. The molecule has 2 aliphatic heterocycles. The zero-order chi connectivity index (χ0) is 16.5. The molecule has 24 heavy (non-hydrogen) atoms. The third-order valence-electron chi connectivity index (χ3n) is 6.07. The average Bonchev–Trinajstić information content (AvgIpc) is 3.03. The van der Waals surface area contributed by atoms with E-state index < -0.39 is 0 Å². The first-order valence-corrected chi connectivity index (χ1v) is 9.42. The van der Waals surface area contributed by atoms with Crippen LogP contribution in [0, 0.1) is 5.92 Å². The van der Waals surface area contributed by atoms with Crippen molar-refractivity contribution in [3.63, 3.8) is 0 Å². The van der Waals surface area contributed by atoms with Crippen molar-refractivity contribution in [2.45, 2.75) is 38.1 Å². The van der Waals surface area contributed by atoms with Crippen LogP contribution in [0.2, 0.25) is 0 Å². The van der Waals surface area contributed by atoms with Crippen LogP contribution in [0.3, 0.4) is 0 Å². The second kappa shape index (κ2) is 6.85. The van der Waals surface area contributed by atoms with Crippen molar-refractivity contribution in [2.24, 2.45) is 5.92 Å². The van der Waals surface area contributed by atoms with Crippen LogP contribution in [0.25, 0.3) is 0 Å². The smallest absolute Gasteiger partial charge is 0.230 e. The quantitative estimate of drug-likeness (QED) is 0.835. The molecule has 4 heteroatoms. The fourth-order valence-electron chi connectivity index (χ4n) is 4.74. The third-order valence-corrected chi connectivity index (χ3v) is 6.07. The first-order valence-electron chi connectivity index (χ1n) is 9.42. The summed E-state index contributed by atoms with van der Waals surface area (Å²) in [5.74, 6) is 0.973. The van der Waals surface area contributed by atoms with Gasteiger partial charge in [0.1, 0.15) is 0 Å². The molecule has 0 bridgehead atoms. The largest absolute Gasteiger partial charge is 0.379 e. The Kier molecular flexibility index (Phi) is 4.59. The van der Waals surface area contributed by atoms with E-state index in [9.17, 15) is 4.79 Å². The summed E-state index contributed by atoms with van der Waals surface area (Å²) in [6.07, 6.45) is 3.25. The van der Waals surface area contributed by atoms with Gasteiger partial charge in [-0.1, -0.05) is 31.2 Å². The highest BCUT2D eigenvalue weighted by molar-refractivity contribution is 5.84. The molecule has 0 aromatic heterocycles. The molecule has 130 valence electrons. The summed E-state index contributed by atoms with van der Waals surface area (Å²) in [7, 11) is 0. The minimum atomic E-state index is 0.0746. The number of likely N-dealkylation sites (tertiary alicyclic amines) is 1. The van der Waals surface area contributed by atoms with Gasteiger partial charge in [-0.2, -0.15) is 0 Å². The van der Waals surface area contributed by atoms with Crippen LogP contribution in [0.4, 0.5) is 0 Å². The SMILES string of the molecule is C[C@@H]1CN(C(=O)[C@H]2CCCc3ccccc32)C[C@@H]1N1CCOCC1. The van der Waals surface area contributed by atoms with E-state index in [4.69, 9.17) is 4.74 Å². The second-order valence-electron chi connectivity index (χ2n) is 7.58. The number of carbonyl (C=O) groups excluding carboxylic acids is 1. The molecule has 1 amide bonds. The number of hydrogen-bond donors (Lipinski definition) is 0. The van der Waals surface area contributed by atoms with Crippen LogP contribution in [0.15, 0.2) is 24.3 Å². The normalized spacial score (nSPS) is 31.0. The Labute approximate surface area is 144 Å². The van der Waals surface area contributed by atoms with E-state index >= 15 is 0 Å². The van der Waals surface area contributed by atoms with E-state index in [0.717, 1.165) is 58.7 Å². The monoisotopic (exact) mass is 328 g/mol. The van der Waals surface area contributed by atoms with Gasteiger partial charge in [0.15, 0.2) is 0 Å². The van der Waals surface area contributed by atoms with Gasteiger partial charge >= 0.3 is 0 Å². The Morgan fingerprint density at radius 2 is 1.96 bits per heavy atom. The minimum Gasteiger partial charge on any atom is -0.379 e. The topological polar surface area (TPSA) is 32.8 Å². The molecule has 0 unspecified atom stereocenters. The molecule has 3 aliphatic rings. The van der Waals surface area contributed by atoms with Gasteiger partial charge in [0.25, 0.3) is 0 Å². The molecule has 2 heterocycles. The molecular formula is C20H28N2O2. The maximum Gasteiger partial charge on any atom is 0.230 e. The van der Waals surface area contributed by atoms with Crippen LogP contribution in [-0.2, 0) is 16.0 Å². The van der Waals surface area contributed by atoms with Crippen molar-refractivity contribution in [3.05, 3.63) is 35.4 Å². The van der Waals surface area contributed by atoms with E-state index in [1.807, 2.05) is 0 Å². The number of ether oxygens (including phenoxy) is 1. The number of amides is 1. The van der Waals surface area contributed by atoms with Gasteiger partial charge < -0.3 is 9.64 Å². The van der Waals surface area contributed by atoms with Crippen molar-refractivity contribution >= 4 is 5.91 Å². The summed E-state index contributed by atoms with van der Waals surface area (Å²) in [6, 6.07) is 9.02. The Balaban J connectivity index is 1.48. The summed E-state index contributed by atoms with van der Waals surface area (Å²) in [6.45, 7) is 7.74. The van der Waals surface area contributed by atoms with Crippen molar-refractivity contribution in [1.29, 1.82) is 0 Å². The van der Waals surface area contributed by atoms with Gasteiger partial charge in [0.05, 0.1) is 19.1 Å². The van der Waals surface area contributed by atoms with E-state index in [-0.39, 0.29) is 5.92 Å². The number of morpholine rings is 1. The van der Waals surface area contributed by atoms with E-state index in [0.29, 0.717) is 17.9 Å². The van der Waals surface area contributed by atoms with Gasteiger partial charge in [-0.15, -0.1) is 0 Å². The predicted octanol–water partition coefficient (Wildman–Crippen LogP) is 2.29. The summed E-state index contributed by atoms with van der Waals surface area (Å²) >= 11 is 0. The summed E-state index contributed by atoms with van der Waals surface area (Å²) < 4.78 is 5.48. The molecule has 4 nitrogen and oxygen atoms in total. The lowest BCUT2D eigenvalue weighted by atomic mass is 9.82. The second-order valence-corrected chi connectivity index (χ2v) is 7.58. The Bertz CT molecular complexity index is 597. The minimum absolute atomic E-state index is 0.0746. The lowest BCUT2D eigenvalue weighted by Gasteiger charge is -2.34. The first-order chi connectivity index (χ1) is 11.7. The zero-order valence-corrected chi connectivity index (χ0v) is 14.6. The lowest BCUT2D eigenvalue weighted by molar-refractivity contribution is -0.132. The lowest BCUT2D eigenvalue weighted by Crippen LogP contribution is -2.47. The van der Waals surface area contributed by atoms with Crippen LogP contribution >= 0.6 is 0 Å². The molecular weight excluding hydrogens is 300 g/mol. The fraction of sp³-hybridized carbons (Fsp3) is 0.650. The van der Waals surface area contributed by atoms with E-state index in [2.05, 4.69) is 41.0 Å². The number of hydrogen-bond acceptors (Lipinski definition) is 3. The van der Waals surface area contributed by atoms with Crippen molar-refractivity contribution < 1.29 is 9.53 Å². The number of nitrogens with zero attached hydrogens (tertiary/aromatic N) is 2. The maximum atomic E-state index is 13.2. The van der Waals surface area contributed by atoms with Crippen LogP contribution < -0.4 is 0 Å². The van der Waals surface area contributed by atoms with Gasteiger partial charge in [-0.25, -0.2) is 0 Å². The molecule has 1 aliphatic carbocycles. The molecule has 1 aromatic carbocycles. The van der Waals surface area contributed by atoms with Crippen molar-refractivity contribution in [1.82, 2.24) is 9.80 Å². The highest BCUT2D eigenvalue weighted by atomic mass is 16.5. The summed E-state index contributed by atoms with van der Waals surface area (Å²) in [5, 5.41) is 0. The van der Waals surface area contributed by atoms with Gasteiger partial charge in [-0.05, 0) is 36.3 Å². The molecule has 0 radical (unpaired) electrons. The van der Waals surface area contributed by atoms with Crippen molar-refractivity contribution in [2.75, 3.05) is 39.4 Å². The Morgan fingerprint density at radius 1 is 1.17 bits per heavy atom. The maximum absolute atomic E-state index is 13.2.